The largest absolute Gasteiger partial charge is 0.416 e. The Kier molecular flexibility index (Phi) is 3.71. The van der Waals surface area contributed by atoms with Crippen molar-refractivity contribution in [2.24, 2.45) is 0 Å². The lowest BCUT2D eigenvalue weighted by Gasteiger charge is -2.08. The molecule has 2 aromatic rings. The van der Waals surface area contributed by atoms with Gasteiger partial charge in [0.2, 0.25) is 0 Å². The van der Waals surface area contributed by atoms with Crippen LogP contribution in [0.4, 0.5) is 17.6 Å². The topological polar surface area (TPSA) is 24.9 Å². The molecule has 0 amide bonds. The highest BCUT2D eigenvalue weighted by molar-refractivity contribution is 7.15. The summed E-state index contributed by atoms with van der Waals surface area (Å²) in [5.74, 6) is -0.695. The molecule has 1 aromatic heterocycles. The molecular formula is C14H12F4N2S. The zero-order valence-electron chi connectivity index (χ0n) is 10.9. The molecule has 2 nitrogen and oxygen atoms in total. The first-order valence-electron chi connectivity index (χ1n) is 6.48. The van der Waals surface area contributed by atoms with Gasteiger partial charge in [-0.15, -0.1) is 11.3 Å². The number of alkyl halides is 3. The zero-order chi connectivity index (χ0) is 15.0. The van der Waals surface area contributed by atoms with E-state index in [1.165, 1.54) is 11.3 Å². The molecule has 0 spiro atoms. The maximum absolute atomic E-state index is 13.8. The van der Waals surface area contributed by atoms with Crippen molar-refractivity contribution in [2.45, 2.75) is 31.6 Å². The van der Waals surface area contributed by atoms with Crippen molar-refractivity contribution in [3.05, 3.63) is 40.7 Å². The molecule has 0 unspecified atom stereocenters. The lowest BCUT2D eigenvalue weighted by atomic mass is 10.1. The number of thiazole rings is 1. The fourth-order valence-corrected chi connectivity index (χ4v) is 2.79. The molecule has 0 aliphatic heterocycles. The molecule has 0 bridgehead atoms. The van der Waals surface area contributed by atoms with Crippen molar-refractivity contribution < 1.29 is 17.6 Å². The Morgan fingerprint density at radius 2 is 2.05 bits per heavy atom. The SMILES string of the molecule is Fc1ccc(C(F)(F)F)cc1-c1ncc(CNC2CC2)s1. The van der Waals surface area contributed by atoms with Crippen LogP contribution < -0.4 is 5.32 Å². The lowest BCUT2D eigenvalue weighted by Crippen LogP contribution is -2.14. The number of halogens is 4. The first-order valence-corrected chi connectivity index (χ1v) is 7.30. The number of nitrogens with one attached hydrogen (secondary N) is 1. The van der Waals surface area contributed by atoms with Crippen LogP contribution in [0.1, 0.15) is 23.3 Å². The van der Waals surface area contributed by atoms with Gasteiger partial charge in [0.05, 0.1) is 5.56 Å². The van der Waals surface area contributed by atoms with Gasteiger partial charge in [0.1, 0.15) is 10.8 Å². The fourth-order valence-electron chi connectivity index (χ4n) is 1.91. The molecule has 0 atom stereocenters. The Morgan fingerprint density at radius 1 is 1.29 bits per heavy atom. The Morgan fingerprint density at radius 3 is 2.71 bits per heavy atom. The highest BCUT2D eigenvalue weighted by Crippen LogP contribution is 2.35. The van der Waals surface area contributed by atoms with E-state index in [1.807, 2.05) is 0 Å². The Hall–Kier alpha value is -1.47. The normalized spacial score (nSPS) is 15.4. The van der Waals surface area contributed by atoms with Crippen LogP contribution in [0.25, 0.3) is 10.6 Å². The molecule has 1 fully saturated rings. The second-order valence-corrected chi connectivity index (χ2v) is 6.09. The van der Waals surface area contributed by atoms with Crippen molar-refractivity contribution in [3.63, 3.8) is 0 Å². The van der Waals surface area contributed by atoms with E-state index in [0.29, 0.717) is 12.6 Å². The third-order valence-electron chi connectivity index (χ3n) is 3.22. The molecule has 1 aromatic carbocycles. The van der Waals surface area contributed by atoms with Crippen molar-refractivity contribution in [3.8, 4) is 10.6 Å². The maximum atomic E-state index is 13.8. The molecule has 1 N–H and O–H groups in total. The van der Waals surface area contributed by atoms with Crippen LogP contribution in [0, 0.1) is 5.82 Å². The quantitative estimate of drug-likeness (QED) is 0.854. The predicted octanol–water partition coefficient (Wildman–Crippen LogP) is 4.22. The summed E-state index contributed by atoms with van der Waals surface area (Å²) in [5, 5.41) is 3.55. The van der Waals surface area contributed by atoms with Crippen LogP contribution >= 0.6 is 11.3 Å². The van der Waals surface area contributed by atoms with Gasteiger partial charge >= 0.3 is 6.18 Å². The standard InChI is InChI=1S/C14H12F4N2S/c15-12-4-1-8(14(16,17)18)5-11(12)13-20-7-10(21-13)6-19-9-2-3-9/h1,4-5,7,9,19H,2-3,6H2. The van der Waals surface area contributed by atoms with Crippen LogP contribution in [0.15, 0.2) is 24.4 Å². The molecule has 7 heteroatoms. The number of nitrogens with zero attached hydrogens (tertiary/aromatic N) is 1. The van der Waals surface area contributed by atoms with Crippen molar-refractivity contribution in [2.75, 3.05) is 0 Å². The van der Waals surface area contributed by atoms with Gasteiger partial charge in [0, 0.05) is 29.2 Å². The highest BCUT2D eigenvalue weighted by atomic mass is 32.1. The predicted molar refractivity (Wildman–Crippen MR) is 72.4 cm³/mol. The summed E-state index contributed by atoms with van der Waals surface area (Å²) < 4.78 is 51.8. The van der Waals surface area contributed by atoms with Gasteiger partial charge < -0.3 is 5.32 Å². The number of benzene rings is 1. The van der Waals surface area contributed by atoms with Gasteiger partial charge in [-0.05, 0) is 31.0 Å². The summed E-state index contributed by atoms with van der Waals surface area (Å²) in [6, 6.07) is 2.91. The first kappa shape index (κ1) is 14.5. The van der Waals surface area contributed by atoms with Crippen LogP contribution in [0.3, 0.4) is 0 Å². The molecule has 112 valence electrons. The van der Waals surface area contributed by atoms with Gasteiger partial charge in [0.15, 0.2) is 0 Å². The molecular weight excluding hydrogens is 304 g/mol. The molecule has 1 saturated carbocycles. The minimum atomic E-state index is -4.49. The average molecular weight is 316 g/mol. The molecule has 21 heavy (non-hydrogen) atoms. The summed E-state index contributed by atoms with van der Waals surface area (Å²) in [7, 11) is 0. The first-order chi connectivity index (χ1) is 9.93. The van der Waals surface area contributed by atoms with Crippen molar-refractivity contribution in [1.82, 2.24) is 10.3 Å². The van der Waals surface area contributed by atoms with Gasteiger partial charge in [-0.3, -0.25) is 0 Å². The molecule has 0 saturated heterocycles. The minimum Gasteiger partial charge on any atom is -0.309 e. The minimum absolute atomic E-state index is 0.104. The molecule has 3 rings (SSSR count). The Bertz CT molecular complexity index is 647. The van der Waals surface area contributed by atoms with E-state index in [4.69, 9.17) is 0 Å². The fraction of sp³-hybridized carbons (Fsp3) is 0.357. The van der Waals surface area contributed by atoms with Gasteiger partial charge in [-0.2, -0.15) is 13.2 Å². The molecule has 0 radical (unpaired) electrons. The summed E-state index contributed by atoms with van der Waals surface area (Å²) in [5.41, 5.74) is -0.973. The van der Waals surface area contributed by atoms with Gasteiger partial charge in [-0.25, -0.2) is 9.37 Å². The summed E-state index contributed by atoms with van der Waals surface area (Å²) in [6.07, 6.45) is -0.618. The van der Waals surface area contributed by atoms with Crippen LogP contribution in [-0.2, 0) is 12.7 Å². The van der Waals surface area contributed by atoms with E-state index >= 15 is 0 Å². The van der Waals surface area contributed by atoms with E-state index in [0.717, 1.165) is 35.9 Å². The van der Waals surface area contributed by atoms with E-state index in [2.05, 4.69) is 10.3 Å². The summed E-state index contributed by atoms with van der Waals surface area (Å²) >= 11 is 1.21. The number of hydrogen-bond donors (Lipinski definition) is 1. The van der Waals surface area contributed by atoms with Crippen molar-refractivity contribution in [1.29, 1.82) is 0 Å². The second-order valence-electron chi connectivity index (χ2n) is 4.98. The maximum Gasteiger partial charge on any atom is 0.416 e. The monoisotopic (exact) mass is 316 g/mol. The Balaban J connectivity index is 1.84. The van der Waals surface area contributed by atoms with E-state index in [-0.39, 0.29) is 10.6 Å². The second kappa shape index (κ2) is 5.38. The third-order valence-corrected chi connectivity index (χ3v) is 4.25. The highest BCUT2D eigenvalue weighted by Gasteiger charge is 2.31. The van der Waals surface area contributed by atoms with Crippen molar-refractivity contribution >= 4 is 11.3 Å². The smallest absolute Gasteiger partial charge is 0.309 e. The average Bonchev–Trinajstić information content (AvgIpc) is 3.13. The number of aromatic nitrogens is 1. The summed E-state index contributed by atoms with van der Waals surface area (Å²) in [4.78, 5) is 4.92. The third kappa shape index (κ3) is 3.41. The molecule has 1 aliphatic rings. The van der Waals surface area contributed by atoms with E-state index in [1.54, 1.807) is 6.20 Å². The number of rotatable bonds is 4. The zero-order valence-corrected chi connectivity index (χ0v) is 11.7. The van der Waals surface area contributed by atoms with E-state index < -0.39 is 17.6 Å². The Labute approximate surface area is 122 Å². The lowest BCUT2D eigenvalue weighted by molar-refractivity contribution is -0.137. The van der Waals surface area contributed by atoms with Gasteiger partial charge in [0.25, 0.3) is 0 Å². The van der Waals surface area contributed by atoms with E-state index in [9.17, 15) is 17.6 Å². The van der Waals surface area contributed by atoms with Gasteiger partial charge in [-0.1, -0.05) is 0 Å². The molecule has 1 heterocycles. The van der Waals surface area contributed by atoms with Crippen LogP contribution in [0.2, 0.25) is 0 Å². The molecule has 1 aliphatic carbocycles. The number of hydrogen-bond acceptors (Lipinski definition) is 3. The summed E-state index contributed by atoms with van der Waals surface area (Å²) in [6.45, 7) is 0.614. The van der Waals surface area contributed by atoms with Crippen LogP contribution in [0.5, 0.6) is 0 Å². The van der Waals surface area contributed by atoms with Crippen LogP contribution in [-0.4, -0.2) is 11.0 Å².